The summed E-state index contributed by atoms with van der Waals surface area (Å²) in [5.41, 5.74) is 1.27. The Kier molecular flexibility index (Phi) is 10.4. The van der Waals surface area contributed by atoms with E-state index in [1.54, 1.807) is 65.2 Å². The molecule has 1 fully saturated rings. The lowest BCUT2D eigenvalue weighted by molar-refractivity contribution is -0.125. The number of likely N-dealkylation sites (N-methyl/N-ethyl adjacent to an activating group) is 1. The van der Waals surface area contributed by atoms with Crippen LogP contribution in [-0.2, 0) is 9.53 Å². The van der Waals surface area contributed by atoms with Gasteiger partial charge in [-0.2, -0.15) is 10.2 Å². The van der Waals surface area contributed by atoms with E-state index < -0.39 is 24.4 Å². The molecule has 0 spiro atoms. The Hall–Kier alpha value is -4.18. The molecule has 40 heavy (non-hydrogen) atoms. The zero-order chi connectivity index (χ0) is 29.3. The Morgan fingerprint density at radius 2 is 1.95 bits per heavy atom. The van der Waals surface area contributed by atoms with Gasteiger partial charge in [0.25, 0.3) is 0 Å². The molecule has 10 heteroatoms. The van der Waals surface area contributed by atoms with E-state index >= 15 is 0 Å². The summed E-state index contributed by atoms with van der Waals surface area (Å²) in [4.78, 5) is 35.3. The Morgan fingerprint density at radius 3 is 2.58 bits per heavy atom. The molecular formula is C30H37FN6O3. The van der Waals surface area contributed by atoms with Gasteiger partial charge in [-0.25, -0.2) is 9.78 Å². The average Bonchev–Trinajstić information content (AvgIpc) is 2.89. The van der Waals surface area contributed by atoms with E-state index in [9.17, 15) is 14.0 Å². The summed E-state index contributed by atoms with van der Waals surface area (Å²) in [7, 11) is 1.58. The fourth-order valence-electron chi connectivity index (χ4n) is 4.06. The summed E-state index contributed by atoms with van der Waals surface area (Å²) < 4.78 is 18.0. The summed E-state index contributed by atoms with van der Waals surface area (Å²) in [6, 6.07) is 8.43. The molecular weight excluding hydrogens is 511 g/mol. The van der Waals surface area contributed by atoms with Crippen molar-refractivity contribution < 1.29 is 18.7 Å². The summed E-state index contributed by atoms with van der Waals surface area (Å²) in [5.74, 6) is 7.64. The normalized spacial score (nSPS) is 16.8. The quantitative estimate of drug-likeness (QED) is 0.297. The molecule has 1 aromatic heterocycles. The lowest BCUT2D eigenvalue weighted by Gasteiger charge is -2.33. The predicted molar refractivity (Wildman–Crippen MR) is 152 cm³/mol. The Balaban J connectivity index is 1.58. The molecule has 212 valence electrons. The van der Waals surface area contributed by atoms with Crippen LogP contribution in [-0.4, -0.2) is 58.7 Å². The van der Waals surface area contributed by atoms with Gasteiger partial charge in [0, 0.05) is 31.6 Å². The van der Waals surface area contributed by atoms with E-state index in [1.165, 1.54) is 4.90 Å². The molecule has 1 aliphatic carbocycles. The van der Waals surface area contributed by atoms with Crippen molar-refractivity contribution in [3.63, 3.8) is 0 Å². The maximum Gasteiger partial charge on any atom is 0.410 e. The number of ketones is 1. The van der Waals surface area contributed by atoms with Gasteiger partial charge in [0.2, 0.25) is 5.95 Å². The molecule has 0 radical (unpaired) electrons. The topological polar surface area (TPSA) is 120 Å². The van der Waals surface area contributed by atoms with Crippen molar-refractivity contribution in [2.75, 3.05) is 30.9 Å². The number of carbonyl (C=O) groups is 2. The molecule has 3 rings (SSSR count). The highest BCUT2D eigenvalue weighted by molar-refractivity contribution is 5.87. The van der Waals surface area contributed by atoms with Crippen LogP contribution in [0.15, 0.2) is 30.5 Å². The van der Waals surface area contributed by atoms with Crippen molar-refractivity contribution in [1.29, 1.82) is 5.26 Å². The Labute approximate surface area is 235 Å². The minimum absolute atomic E-state index is 0.00266. The van der Waals surface area contributed by atoms with Gasteiger partial charge in [-0.05, 0) is 77.1 Å². The van der Waals surface area contributed by atoms with Crippen molar-refractivity contribution >= 4 is 29.3 Å². The van der Waals surface area contributed by atoms with Gasteiger partial charge in [-0.3, -0.25) is 9.18 Å². The van der Waals surface area contributed by atoms with Crippen molar-refractivity contribution in [3.8, 4) is 17.9 Å². The van der Waals surface area contributed by atoms with E-state index in [2.05, 4.69) is 38.5 Å². The first kappa shape index (κ1) is 30.4. The van der Waals surface area contributed by atoms with Gasteiger partial charge < -0.3 is 20.3 Å². The number of ether oxygens (including phenoxy) is 1. The molecule has 0 saturated heterocycles. The number of anilines is 3. The number of benzene rings is 1. The maximum atomic E-state index is 12.8. The second-order valence-electron chi connectivity index (χ2n) is 11.0. The number of nitriles is 1. The molecule has 2 aromatic rings. The molecule has 1 aromatic carbocycles. The van der Waals surface area contributed by atoms with Crippen LogP contribution in [0.25, 0.3) is 0 Å². The molecule has 9 nitrogen and oxygen atoms in total. The largest absolute Gasteiger partial charge is 0.444 e. The van der Waals surface area contributed by atoms with Gasteiger partial charge in [-0.1, -0.05) is 11.8 Å². The number of amides is 1. The number of hydrogen-bond donors (Lipinski definition) is 2. The number of alkyl halides is 1. The molecule has 1 aliphatic rings. The predicted octanol–water partition coefficient (Wildman–Crippen LogP) is 5.46. The van der Waals surface area contributed by atoms with Crippen LogP contribution < -0.4 is 10.6 Å². The minimum atomic E-state index is -0.622. The van der Waals surface area contributed by atoms with Gasteiger partial charge >= 0.3 is 6.09 Å². The number of halogens is 1. The monoisotopic (exact) mass is 548 g/mol. The van der Waals surface area contributed by atoms with Crippen LogP contribution in [0.2, 0.25) is 0 Å². The Morgan fingerprint density at radius 1 is 1.25 bits per heavy atom. The highest BCUT2D eigenvalue weighted by Crippen LogP contribution is 2.36. The molecule has 2 N–H and O–H groups in total. The fourth-order valence-corrected chi connectivity index (χ4v) is 4.06. The first-order chi connectivity index (χ1) is 19.0. The van der Waals surface area contributed by atoms with E-state index in [1.807, 2.05) is 0 Å². The van der Waals surface area contributed by atoms with Crippen LogP contribution in [0.5, 0.6) is 0 Å². The van der Waals surface area contributed by atoms with E-state index in [-0.39, 0.29) is 17.6 Å². The maximum absolute atomic E-state index is 12.8. The summed E-state index contributed by atoms with van der Waals surface area (Å²) in [5, 5.41) is 15.2. The fraction of sp³-hybridized carbons (Fsp3) is 0.500. The van der Waals surface area contributed by atoms with Crippen molar-refractivity contribution in [2.24, 2.45) is 11.8 Å². The summed E-state index contributed by atoms with van der Waals surface area (Å²) >= 11 is 0. The lowest BCUT2D eigenvalue weighted by Crippen LogP contribution is -2.44. The van der Waals surface area contributed by atoms with Crippen LogP contribution in [0.3, 0.4) is 0 Å². The smallest absolute Gasteiger partial charge is 0.410 e. The molecule has 1 heterocycles. The van der Waals surface area contributed by atoms with Gasteiger partial charge in [-0.15, -0.1) is 0 Å². The molecule has 1 atom stereocenters. The highest BCUT2D eigenvalue weighted by Gasteiger charge is 2.33. The molecule has 1 saturated carbocycles. The molecule has 0 unspecified atom stereocenters. The number of nitrogens with one attached hydrogen (secondary N) is 2. The van der Waals surface area contributed by atoms with E-state index in [4.69, 9.17) is 10.00 Å². The van der Waals surface area contributed by atoms with Crippen molar-refractivity contribution in [3.05, 3.63) is 41.6 Å². The number of aromatic nitrogens is 2. The Bertz CT molecular complexity index is 1280. The minimum Gasteiger partial charge on any atom is -0.444 e. The van der Waals surface area contributed by atoms with Crippen LogP contribution in [0.4, 0.5) is 26.6 Å². The second-order valence-corrected chi connectivity index (χ2v) is 11.0. The number of carbonyl (C=O) groups excluding carboxylic acids is 2. The molecule has 0 aliphatic heterocycles. The van der Waals surface area contributed by atoms with Gasteiger partial charge in [0.05, 0.1) is 36.1 Å². The lowest BCUT2D eigenvalue weighted by atomic mass is 9.72. The zero-order valence-electron chi connectivity index (χ0n) is 23.8. The van der Waals surface area contributed by atoms with Gasteiger partial charge in [0.15, 0.2) is 5.78 Å². The first-order valence-electron chi connectivity index (χ1n) is 13.4. The SMILES string of the molecule is C[C@@H](C(=O)CC1CC(C#Cc2cnc(Nc3ccc(C#N)cc3)nc2NCCCF)C1)N(C)C(=O)OC(C)(C)C. The number of nitrogens with zero attached hydrogens (tertiary/aromatic N) is 4. The van der Waals surface area contributed by atoms with Crippen LogP contribution in [0, 0.1) is 35.0 Å². The van der Waals surface area contributed by atoms with Gasteiger partial charge in [0.1, 0.15) is 11.4 Å². The number of Topliss-reactive ketones (excluding diaryl/α,β-unsaturated/α-hetero) is 1. The standard InChI is InChI=1S/C30H37FN6O3/c1-20(37(5)29(39)40-30(2,3)4)26(38)17-23-15-22(16-23)7-10-24-19-34-28(36-27(24)33-14-6-13-31)35-25-11-8-21(18-32)9-12-25/h8-9,11-12,19-20,22-23H,6,13-17H2,1-5H3,(H2,33,34,35,36)/t20-,22?,23?/m0/s1. The number of hydrogen-bond acceptors (Lipinski definition) is 8. The van der Waals surface area contributed by atoms with E-state index in [0.29, 0.717) is 42.3 Å². The third-order valence-corrected chi connectivity index (χ3v) is 6.53. The first-order valence-corrected chi connectivity index (χ1v) is 13.4. The molecule has 0 bridgehead atoms. The third-order valence-electron chi connectivity index (χ3n) is 6.53. The van der Waals surface area contributed by atoms with Crippen molar-refractivity contribution in [1.82, 2.24) is 14.9 Å². The average molecular weight is 549 g/mol. The highest BCUT2D eigenvalue weighted by atomic mass is 19.1. The third kappa shape index (κ3) is 8.94. The second kappa shape index (κ2) is 13.7. The van der Waals surface area contributed by atoms with Crippen molar-refractivity contribution in [2.45, 2.75) is 65.0 Å². The zero-order valence-corrected chi connectivity index (χ0v) is 23.8. The van der Waals surface area contributed by atoms with Crippen LogP contribution >= 0.6 is 0 Å². The van der Waals surface area contributed by atoms with Crippen LogP contribution in [0.1, 0.15) is 64.5 Å². The number of rotatable bonds is 10. The molecule has 1 amide bonds. The summed E-state index contributed by atoms with van der Waals surface area (Å²) in [6.45, 7) is 7.06. The van der Waals surface area contributed by atoms with E-state index in [0.717, 1.165) is 18.5 Å². The summed E-state index contributed by atoms with van der Waals surface area (Å²) in [6.07, 6.45) is 3.44.